The fourth-order valence-electron chi connectivity index (χ4n) is 1.58. The summed E-state index contributed by atoms with van der Waals surface area (Å²) in [5.41, 5.74) is 0.464. The fraction of sp³-hybridized carbons (Fsp3) is 0.462. The Balaban J connectivity index is 3.11. The molecule has 1 unspecified atom stereocenters. The number of hydrogen-bond donors (Lipinski definition) is 0. The summed E-state index contributed by atoms with van der Waals surface area (Å²) in [5, 5.41) is 0. The van der Waals surface area contributed by atoms with Crippen molar-refractivity contribution >= 4 is 13.8 Å². The average molecular weight is 323 g/mol. The molecule has 0 heterocycles. The van der Waals surface area contributed by atoms with Gasteiger partial charge in [0.25, 0.3) is 0 Å². The maximum Gasteiger partial charge on any atom is 0.422 e. The molecule has 8 heteroatoms. The average Bonchev–Trinajstić information content (AvgIpc) is 2.39. The van der Waals surface area contributed by atoms with Crippen molar-refractivity contribution in [2.75, 3.05) is 13.2 Å². The van der Waals surface area contributed by atoms with Crippen LogP contribution >= 0.6 is 7.60 Å². The molecule has 0 amide bonds. The van der Waals surface area contributed by atoms with Gasteiger partial charge in [0.2, 0.25) is 5.78 Å². The predicted octanol–water partition coefficient (Wildman–Crippen LogP) is 4.26. The highest BCUT2D eigenvalue weighted by atomic mass is 31.2. The number of rotatable bonds is 7. The highest BCUT2D eigenvalue weighted by Crippen LogP contribution is 2.58. The molecule has 0 saturated heterocycles. The van der Waals surface area contributed by atoms with E-state index in [4.69, 9.17) is 9.05 Å². The third-order valence-electron chi connectivity index (χ3n) is 2.37. The second kappa shape index (κ2) is 7.73. The largest absolute Gasteiger partial charge is 0.422 e. The third-order valence-corrected chi connectivity index (χ3v) is 4.64. The molecule has 0 bridgehead atoms. The third kappa shape index (κ3) is 5.26. The molecule has 0 spiro atoms. The highest BCUT2D eigenvalue weighted by Gasteiger charge is 2.53. The zero-order chi connectivity index (χ0) is 15.9. The van der Waals surface area contributed by atoms with E-state index in [1.807, 2.05) is 0 Å². The van der Waals surface area contributed by atoms with E-state index in [0.717, 1.165) is 6.21 Å². The van der Waals surface area contributed by atoms with Crippen molar-refractivity contribution in [3.8, 4) is 0 Å². The minimum Gasteiger partial charge on any atom is -0.307 e. The predicted molar refractivity (Wildman–Crippen MR) is 74.7 cm³/mol. The Morgan fingerprint density at radius 1 is 1.19 bits per heavy atom. The van der Waals surface area contributed by atoms with Gasteiger partial charge in [0.1, 0.15) is 0 Å². The lowest BCUT2D eigenvalue weighted by atomic mass is 10.2. The summed E-state index contributed by atoms with van der Waals surface area (Å²) >= 11 is 0. The minimum atomic E-state index is -4.83. The molecule has 0 aliphatic heterocycles. The molecule has 1 rings (SSSR count). The van der Waals surface area contributed by atoms with Crippen molar-refractivity contribution in [2.45, 2.75) is 25.8 Å². The molecule has 0 aliphatic carbocycles. The van der Waals surface area contributed by atoms with Crippen LogP contribution in [-0.4, -0.2) is 31.4 Å². The molecule has 0 N–H and O–H groups in total. The van der Waals surface area contributed by atoms with Crippen molar-refractivity contribution in [2.24, 2.45) is 4.99 Å². The normalized spacial score (nSPS) is 14.5. The van der Waals surface area contributed by atoms with Gasteiger partial charge in [0.15, 0.2) is 0 Å². The van der Waals surface area contributed by atoms with Gasteiger partial charge in [-0.15, -0.1) is 0 Å². The number of halogens is 3. The zero-order valence-corrected chi connectivity index (χ0v) is 12.6. The Hall–Kier alpha value is -1.17. The van der Waals surface area contributed by atoms with E-state index in [2.05, 4.69) is 4.99 Å². The first kappa shape index (κ1) is 17.9. The molecule has 0 radical (unpaired) electrons. The topological polar surface area (TPSA) is 47.9 Å². The van der Waals surface area contributed by atoms with Crippen LogP contribution in [0.25, 0.3) is 0 Å². The van der Waals surface area contributed by atoms with Crippen molar-refractivity contribution in [1.29, 1.82) is 0 Å². The molecule has 0 saturated carbocycles. The van der Waals surface area contributed by atoms with E-state index >= 15 is 0 Å². The molecule has 118 valence electrons. The monoisotopic (exact) mass is 323 g/mol. The molecule has 0 aliphatic rings. The van der Waals surface area contributed by atoms with Gasteiger partial charge in [0, 0.05) is 6.21 Å². The summed E-state index contributed by atoms with van der Waals surface area (Å²) in [6.45, 7) is 2.56. The van der Waals surface area contributed by atoms with Crippen LogP contribution in [0, 0.1) is 0 Å². The summed E-state index contributed by atoms with van der Waals surface area (Å²) < 4.78 is 61.2. The van der Waals surface area contributed by atoms with Gasteiger partial charge in [0.05, 0.1) is 13.2 Å². The Morgan fingerprint density at radius 2 is 1.71 bits per heavy atom. The maximum atomic E-state index is 13.1. The molecular weight excluding hydrogens is 306 g/mol. The molecule has 0 aromatic heterocycles. The molecule has 21 heavy (non-hydrogen) atoms. The van der Waals surface area contributed by atoms with Crippen molar-refractivity contribution in [3.63, 3.8) is 0 Å². The van der Waals surface area contributed by atoms with Gasteiger partial charge in [-0.05, 0) is 19.4 Å². The van der Waals surface area contributed by atoms with Crippen LogP contribution in [0.4, 0.5) is 13.2 Å². The second-order valence-electron chi connectivity index (χ2n) is 3.98. The molecular formula is C13H17F3NO3P. The first-order valence-electron chi connectivity index (χ1n) is 6.37. The zero-order valence-electron chi connectivity index (χ0n) is 11.7. The fourth-order valence-corrected chi connectivity index (χ4v) is 3.24. The summed E-state index contributed by atoms with van der Waals surface area (Å²) in [7, 11) is -4.41. The van der Waals surface area contributed by atoms with Crippen LogP contribution < -0.4 is 0 Å². The van der Waals surface area contributed by atoms with Crippen LogP contribution in [-0.2, 0) is 13.6 Å². The quantitative estimate of drug-likeness (QED) is 0.556. The van der Waals surface area contributed by atoms with Crippen LogP contribution in [0.15, 0.2) is 35.3 Å². The van der Waals surface area contributed by atoms with E-state index in [0.29, 0.717) is 5.56 Å². The van der Waals surface area contributed by atoms with Gasteiger partial charge >= 0.3 is 13.8 Å². The van der Waals surface area contributed by atoms with Gasteiger partial charge < -0.3 is 9.05 Å². The summed E-state index contributed by atoms with van der Waals surface area (Å²) in [6, 6.07) is 8.22. The van der Waals surface area contributed by atoms with Gasteiger partial charge in [-0.1, -0.05) is 30.3 Å². The van der Waals surface area contributed by atoms with E-state index in [1.165, 1.54) is 13.8 Å². The molecule has 1 atom stereocenters. The first-order valence-corrected chi connectivity index (χ1v) is 7.98. The van der Waals surface area contributed by atoms with E-state index in [-0.39, 0.29) is 13.2 Å². The highest BCUT2D eigenvalue weighted by molar-refractivity contribution is 7.54. The number of aliphatic imine (C=N–C) groups is 1. The first-order chi connectivity index (χ1) is 9.83. The summed E-state index contributed by atoms with van der Waals surface area (Å²) in [5.74, 6) is -2.54. The standard InChI is InChI=1S/C13H17F3NO3P/c1-3-19-21(18,20-4-2)12(13(14,15)16)17-10-11-8-6-5-7-9-11/h5-10,12H,3-4H2,1-2H3/b17-10+. The second-order valence-corrected chi connectivity index (χ2v) is 6.06. The number of alkyl halides is 3. The number of benzene rings is 1. The smallest absolute Gasteiger partial charge is 0.307 e. The van der Waals surface area contributed by atoms with Crippen LogP contribution in [0.5, 0.6) is 0 Å². The minimum absolute atomic E-state index is 0.162. The van der Waals surface area contributed by atoms with Gasteiger partial charge in [-0.25, -0.2) is 0 Å². The number of nitrogens with zero attached hydrogens (tertiary/aromatic N) is 1. The maximum absolute atomic E-state index is 13.1. The summed E-state index contributed by atoms with van der Waals surface area (Å²) in [4.78, 5) is 3.41. The lowest BCUT2D eigenvalue weighted by Gasteiger charge is -2.24. The van der Waals surface area contributed by atoms with Crippen molar-refractivity contribution in [3.05, 3.63) is 35.9 Å². The van der Waals surface area contributed by atoms with Crippen LogP contribution in [0.3, 0.4) is 0 Å². The Morgan fingerprint density at radius 3 is 2.14 bits per heavy atom. The van der Waals surface area contributed by atoms with Gasteiger partial charge in [-0.2, -0.15) is 13.2 Å². The lowest BCUT2D eigenvalue weighted by Crippen LogP contribution is -2.29. The van der Waals surface area contributed by atoms with Crippen molar-refractivity contribution in [1.82, 2.24) is 0 Å². The van der Waals surface area contributed by atoms with E-state index < -0.39 is 19.6 Å². The van der Waals surface area contributed by atoms with Crippen molar-refractivity contribution < 1.29 is 26.8 Å². The Kier molecular flexibility index (Phi) is 6.58. The van der Waals surface area contributed by atoms with Gasteiger partial charge in [-0.3, -0.25) is 9.56 Å². The van der Waals surface area contributed by atoms with Crippen LogP contribution in [0.1, 0.15) is 19.4 Å². The van der Waals surface area contributed by atoms with E-state index in [1.54, 1.807) is 30.3 Å². The SMILES string of the molecule is CCOP(=O)(OCC)C(/N=C/c1ccccc1)C(F)(F)F. The summed E-state index contributed by atoms with van der Waals surface area (Å²) in [6.07, 6.45) is -3.81. The van der Waals surface area contributed by atoms with E-state index in [9.17, 15) is 17.7 Å². The van der Waals surface area contributed by atoms with Crippen LogP contribution in [0.2, 0.25) is 0 Å². The number of hydrogen-bond acceptors (Lipinski definition) is 4. The molecule has 1 aromatic carbocycles. The Labute approximate surface area is 121 Å². The molecule has 4 nitrogen and oxygen atoms in total. The Bertz CT molecular complexity index is 495. The lowest BCUT2D eigenvalue weighted by molar-refractivity contribution is -0.133. The molecule has 0 fully saturated rings. The molecule has 1 aromatic rings.